The van der Waals surface area contributed by atoms with Crippen LogP contribution in [-0.4, -0.2) is 36.1 Å². The van der Waals surface area contributed by atoms with Crippen molar-refractivity contribution in [1.82, 2.24) is 9.88 Å². The standard InChI is InChI=1S/C19H24N2O2/c1-18(2)17-12-9-19(18,3)10-21(17)8-7-11-15-13(23-16(11)12)5-6-14(20-15)22-4/h5-6,12,17H,7-10H2,1-4H3. The van der Waals surface area contributed by atoms with E-state index in [-0.39, 0.29) is 0 Å². The summed E-state index contributed by atoms with van der Waals surface area (Å²) in [6.07, 6.45) is 2.26. The lowest BCUT2D eigenvalue weighted by Gasteiger charge is -2.33. The number of aromatic nitrogens is 1. The topological polar surface area (TPSA) is 38.5 Å². The Labute approximate surface area is 136 Å². The van der Waals surface area contributed by atoms with Crippen LogP contribution in [0.2, 0.25) is 0 Å². The van der Waals surface area contributed by atoms with Crippen molar-refractivity contribution in [3.05, 3.63) is 23.5 Å². The monoisotopic (exact) mass is 312 g/mol. The lowest BCUT2D eigenvalue weighted by atomic mass is 9.71. The minimum Gasteiger partial charge on any atom is -0.481 e. The normalized spacial score (nSPS) is 34.6. The molecule has 4 heteroatoms. The Morgan fingerprint density at radius 3 is 2.87 bits per heavy atom. The van der Waals surface area contributed by atoms with Crippen molar-refractivity contribution in [2.45, 2.75) is 45.6 Å². The quantitative estimate of drug-likeness (QED) is 0.806. The minimum absolute atomic E-state index is 0.337. The molecule has 0 spiro atoms. The van der Waals surface area contributed by atoms with E-state index in [4.69, 9.17) is 9.15 Å². The molecule has 5 rings (SSSR count). The molecule has 0 aromatic carbocycles. The summed E-state index contributed by atoms with van der Waals surface area (Å²) in [4.78, 5) is 7.38. The number of piperidine rings is 1. The largest absolute Gasteiger partial charge is 0.481 e. The van der Waals surface area contributed by atoms with E-state index in [0.717, 1.165) is 24.1 Å². The number of hydrogen-bond acceptors (Lipinski definition) is 4. The smallest absolute Gasteiger partial charge is 0.213 e. The molecule has 3 unspecified atom stereocenters. The van der Waals surface area contributed by atoms with Gasteiger partial charge in [-0.2, -0.15) is 0 Å². The third-order valence-corrected chi connectivity index (χ3v) is 7.12. The van der Waals surface area contributed by atoms with Gasteiger partial charge in [-0.15, -0.1) is 0 Å². The third kappa shape index (κ3) is 1.53. The fraction of sp³-hybridized carbons (Fsp3) is 0.632. The highest BCUT2D eigenvalue weighted by atomic mass is 16.5. The Morgan fingerprint density at radius 1 is 1.30 bits per heavy atom. The Kier molecular flexibility index (Phi) is 2.47. The number of hydrogen-bond donors (Lipinski definition) is 0. The molecule has 2 fully saturated rings. The van der Waals surface area contributed by atoms with Crippen molar-refractivity contribution < 1.29 is 9.15 Å². The van der Waals surface area contributed by atoms with Gasteiger partial charge >= 0.3 is 0 Å². The summed E-state index contributed by atoms with van der Waals surface area (Å²) < 4.78 is 11.7. The molecule has 1 aliphatic carbocycles. The number of rotatable bonds is 1. The van der Waals surface area contributed by atoms with Gasteiger partial charge < -0.3 is 9.15 Å². The van der Waals surface area contributed by atoms with E-state index in [1.54, 1.807) is 7.11 Å². The first-order valence-electron chi connectivity index (χ1n) is 8.65. The zero-order chi connectivity index (χ0) is 16.0. The van der Waals surface area contributed by atoms with Crippen LogP contribution in [0.25, 0.3) is 11.1 Å². The highest BCUT2D eigenvalue weighted by molar-refractivity contribution is 5.79. The number of fused-ring (bicyclic) bond motifs is 5. The summed E-state index contributed by atoms with van der Waals surface area (Å²) >= 11 is 0. The van der Waals surface area contributed by atoms with Gasteiger partial charge in [0.1, 0.15) is 11.3 Å². The highest BCUT2D eigenvalue weighted by Crippen LogP contribution is 2.66. The summed E-state index contributed by atoms with van der Waals surface area (Å²) in [6.45, 7) is 9.70. The maximum Gasteiger partial charge on any atom is 0.213 e. The molecule has 3 atom stereocenters. The van der Waals surface area contributed by atoms with Crippen molar-refractivity contribution in [2.24, 2.45) is 10.8 Å². The molecule has 1 saturated heterocycles. The van der Waals surface area contributed by atoms with E-state index in [9.17, 15) is 0 Å². The number of nitrogens with zero attached hydrogens (tertiary/aromatic N) is 2. The molecular formula is C19H24N2O2. The molecule has 2 aromatic heterocycles. The first kappa shape index (κ1) is 13.8. The molecule has 3 aliphatic rings. The van der Waals surface area contributed by atoms with E-state index in [2.05, 4.69) is 30.7 Å². The summed E-state index contributed by atoms with van der Waals surface area (Å²) in [5.41, 5.74) is 3.96. The Hall–Kier alpha value is -1.55. The Balaban J connectivity index is 1.71. The zero-order valence-electron chi connectivity index (χ0n) is 14.3. The van der Waals surface area contributed by atoms with E-state index in [1.807, 2.05) is 12.1 Å². The summed E-state index contributed by atoms with van der Waals surface area (Å²) in [5, 5.41) is 0. The van der Waals surface area contributed by atoms with Gasteiger partial charge in [-0.1, -0.05) is 20.8 Å². The lowest BCUT2D eigenvalue weighted by Crippen LogP contribution is -2.39. The maximum absolute atomic E-state index is 6.35. The van der Waals surface area contributed by atoms with Gasteiger partial charge in [-0.05, 0) is 29.7 Å². The van der Waals surface area contributed by atoms with Gasteiger partial charge in [0, 0.05) is 36.7 Å². The van der Waals surface area contributed by atoms with Crippen LogP contribution in [-0.2, 0) is 6.42 Å². The number of pyridine rings is 1. The van der Waals surface area contributed by atoms with E-state index in [0.29, 0.717) is 28.7 Å². The van der Waals surface area contributed by atoms with Crippen molar-refractivity contribution in [2.75, 3.05) is 20.2 Å². The van der Waals surface area contributed by atoms with Gasteiger partial charge in [0.05, 0.1) is 7.11 Å². The maximum atomic E-state index is 6.35. The fourth-order valence-electron chi connectivity index (χ4n) is 5.63. The molecule has 4 nitrogen and oxygen atoms in total. The molecule has 2 aliphatic heterocycles. The van der Waals surface area contributed by atoms with Gasteiger partial charge in [-0.3, -0.25) is 4.90 Å². The van der Waals surface area contributed by atoms with Crippen LogP contribution < -0.4 is 4.74 Å². The summed E-state index contributed by atoms with van der Waals surface area (Å²) in [7, 11) is 1.67. The van der Waals surface area contributed by atoms with Gasteiger partial charge in [-0.25, -0.2) is 4.98 Å². The molecule has 0 amide bonds. The van der Waals surface area contributed by atoms with Crippen LogP contribution in [0.3, 0.4) is 0 Å². The second kappa shape index (κ2) is 4.10. The van der Waals surface area contributed by atoms with Crippen LogP contribution in [0.4, 0.5) is 0 Å². The molecule has 0 N–H and O–H groups in total. The minimum atomic E-state index is 0.337. The predicted molar refractivity (Wildman–Crippen MR) is 88.9 cm³/mol. The molecule has 4 heterocycles. The van der Waals surface area contributed by atoms with Crippen LogP contribution in [0.15, 0.2) is 16.5 Å². The second-order valence-electron chi connectivity index (χ2n) is 8.40. The number of ether oxygens (including phenoxy) is 1. The average Bonchev–Trinajstić information content (AvgIpc) is 3.01. The van der Waals surface area contributed by atoms with Crippen LogP contribution in [0, 0.1) is 10.8 Å². The van der Waals surface area contributed by atoms with Crippen molar-refractivity contribution >= 4 is 11.1 Å². The zero-order valence-corrected chi connectivity index (χ0v) is 14.3. The fourth-order valence-corrected chi connectivity index (χ4v) is 5.63. The average molecular weight is 312 g/mol. The Morgan fingerprint density at radius 2 is 2.13 bits per heavy atom. The van der Waals surface area contributed by atoms with E-state index in [1.165, 1.54) is 24.3 Å². The molecular weight excluding hydrogens is 288 g/mol. The first-order chi connectivity index (χ1) is 10.9. The first-order valence-corrected chi connectivity index (χ1v) is 8.65. The van der Waals surface area contributed by atoms with Crippen LogP contribution in [0.1, 0.15) is 44.4 Å². The third-order valence-electron chi connectivity index (χ3n) is 7.12. The molecule has 2 bridgehead atoms. The van der Waals surface area contributed by atoms with Crippen molar-refractivity contribution in [3.63, 3.8) is 0 Å². The SMILES string of the molecule is COc1ccc2oc3c(c2n1)CCN1CC2(C)CC3C1C2(C)C. The van der Waals surface area contributed by atoms with Gasteiger partial charge in [0.25, 0.3) is 0 Å². The lowest BCUT2D eigenvalue weighted by molar-refractivity contribution is 0.162. The highest BCUT2D eigenvalue weighted by Gasteiger charge is 2.65. The van der Waals surface area contributed by atoms with Gasteiger partial charge in [0.2, 0.25) is 5.88 Å². The van der Waals surface area contributed by atoms with Gasteiger partial charge in [0.15, 0.2) is 5.58 Å². The van der Waals surface area contributed by atoms with E-state index < -0.39 is 0 Å². The van der Waals surface area contributed by atoms with Crippen molar-refractivity contribution in [1.29, 1.82) is 0 Å². The molecule has 0 radical (unpaired) electrons. The Bertz CT molecular complexity index is 806. The molecule has 1 saturated carbocycles. The molecule has 2 aromatic rings. The predicted octanol–water partition coefficient (Wildman–Crippen LogP) is 3.60. The van der Waals surface area contributed by atoms with Crippen molar-refractivity contribution in [3.8, 4) is 5.88 Å². The summed E-state index contributed by atoms with van der Waals surface area (Å²) in [6, 6.07) is 4.49. The second-order valence-corrected chi connectivity index (χ2v) is 8.40. The van der Waals surface area contributed by atoms with E-state index >= 15 is 0 Å². The number of furan rings is 1. The molecule has 122 valence electrons. The number of methoxy groups -OCH3 is 1. The summed E-state index contributed by atoms with van der Waals surface area (Å²) in [5.74, 6) is 2.37. The van der Waals surface area contributed by atoms with Crippen LogP contribution in [0.5, 0.6) is 5.88 Å². The molecule has 23 heavy (non-hydrogen) atoms. The van der Waals surface area contributed by atoms with Crippen LogP contribution >= 0.6 is 0 Å².